The molecular weight excluding hydrogens is 530 g/mol. The number of amides is 2. The average molecular weight is 557 g/mol. The fraction of sp³-hybridized carbons (Fsp3) is 0.357. The highest BCUT2D eigenvalue weighted by atomic mass is 35.5. The number of carbonyl (C=O) groups excluding carboxylic acids is 2. The summed E-state index contributed by atoms with van der Waals surface area (Å²) in [6.07, 6.45) is 2.29. The third-order valence-electron chi connectivity index (χ3n) is 7.44. The van der Waals surface area contributed by atoms with E-state index in [0.717, 1.165) is 6.20 Å². The van der Waals surface area contributed by atoms with Crippen LogP contribution in [0.15, 0.2) is 54.9 Å². The molecule has 0 bridgehead atoms. The van der Waals surface area contributed by atoms with Gasteiger partial charge in [-0.3, -0.25) is 19.6 Å². The van der Waals surface area contributed by atoms with Gasteiger partial charge in [-0.1, -0.05) is 29.8 Å². The van der Waals surface area contributed by atoms with Crippen LogP contribution in [0.3, 0.4) is 0 Å². The zero-order valence-corrected chi connectivity index (χ0v) is 21.9. The van der Waals surface area contributed by atoms with E-state index in [2.05, 4.69) is 15.3 Å². The van der Waals surface area contributed by atoms with E-state index in [1.54, 1.807) is 35.2 Å². The van der Waals surface area contributed by atoms with Crippen molar-refractivity contribution in [2.45, 2.75) is 43.8 Å². The molecule has 3 heterocycles. The fourth-order valence-corrected chi connectivity index (χ4v) is 5.55. The number of hydrogen-bond donors (Lipinski definition) is 2. The van der Waals surface area contributed by atoms with Gasteiger partial charge in [0.15, 0.2) is 0 Å². The number of carbonyl (C=O) groups is 2. The van der Waals surface area contributed by atoms with Crippen molar-refractivity contribution in [1.29, 1.82) is 0 Å². The van der Waals surface area contributed by atoms with E-state index in [0.29, 0.717) is 49.2 Å². The number of ether oxygens (including phenoxy) is 1. The number of rotatable bonds is 7. The molecule has 2 amide bonds. The van der Waals surface area contributed by atoms with Gasteiger partial charge in [0.05, 0.1) is 35.3 Å². The summed E-state index contributed by atoms with van der Waals surface area (Å²) in [7, 11) is 1.51. The highest BCUT2D eigenvalue weighted by Gasteiger charge is 2.52. The number of methoxy groups -OCH3 is 1. The van der Waals surface area contributed by atoms with Gasteiger partial charge in [-0.2, -0.15) is 0 Å². The summed E-state index contributed by atoms with van der Waals surface area (Å²) < 4.78 is 31.8. The number of anilines is 1. The summed E-state index contributed by atoms with van der Waals surface area (Å²) in [5.74, 6) is -0.473. The molecule has 2 aliphatic rings. The largest absolute Gasteiger partial charge is 0.495 e. The number of aliphatic hydroxyl groups is 1. The molecule has 1 aliphatic heterocycles. The monoisotopic (exact) mass is 556 g/mol. The number of nitrogens with zero attached hydrogens (tertiary/aromatic N) is 3. The molecule has 0 saturated heterocycles. The first-order valence-electron chi connectivity index (χ1n) is 12.6. The Bertz CT molecular complexity index is 1380. The van der Waals surface area contributed by atoms with E-state index in [4.69, 9.17) is 16.3 Å². The van der Waals surface area contributed by atoms with Crippen LogP contribution in [-0.4, -0.2) is 46.6 Å². The Labute approximate surface area is 229 Å². The summed E-state index contributed by atoms with van der Waals surface area (Å²) in [6.45, 7) is 0.392. The van der Waals surface area contributed by atoms with Gasteiger partial charge < -0.3 is 20.1 Å². The lowest BCUT2D eigenvalue weighted by atomic mass is 9.85. The molecule has 1 fully saturated rings. The predicted octanol–water partition coefficient (Wildman–Crippen LogP) is 4.65. The molecule has 5 rings (SSSR count). The molecule has 0 radical (unpaired) electrons. The number of alkyl halides is 2. The first-order chi connectivity index (χ1) is 18.7. The quantitative estimate of drug-likeness (QED) is 0.439. The molecule has 0 spiro atoms. The second-order valence-corrected chi connectivity index (χ2v) is 10.2. The molecule has 1 saturated carbocycles. The second-order valence-electron chi connectivity index (χ2n) is 9.80. The molecule has 2 N–H and O–H groups in total. The predicted molar refractivity (Wildman–Crippen MR) is 140 cm³/mol. The minimum absolute atomic E-state index is 0.105. The third-order valence-corrected chi connectivity index (χ3v) is 7.65. The van der Waals surface area contributed by atoms with Crippen LogP contribution >= 0.6 is 11.6 Å². The minimum Gasteiger partial charge on any atom is -0.495 e. The molecular formula is C28H27ClF2N4O4. The van der Waals surface area contributed by atoms with Crippen LogP contribution in [0.25, 0.3) is 0 Å². The molecule has 39 heavy (non-hydrogen) atoms. The zero-order chi connectivity index (χ0) is 27.7. The Kier molecular flexibility index (Phi) is 7.51. The van der Waals surface area contributed by atoms with E-state index in [-0.39, 0.29) is 28.2 Å². The van der Waals surface area contributed by atoms with Crippen molar-refractivity contribution in [3.8, 4) is 5.75 Å². The lowest BCUT2D eigenvalue weighted by molar-refractivity contribution is -0.132. The maximum absolute atomic E-state index is 13.7. The van der Waals surface area contributed by atoms with E-state index >= 15 is 0 Å². The van der Waals surface area contributed by atoms with Crippen molar-refractivity contribution in [2.24, 2.45) is 5.92 Å². The van der Waals surface area contributed by atoms with Crippen LogP contribution < -0.4 is 15.0 Å². The van der Waals surface area contributed by atoms with Crippen molar-refractivity contribution in [1.82, 2.24) is 15.3 Å². The van der Waals surface area contributed by atoms with Crippen LogP contribution in [0, 0.1) is 5.92 Å². The number of para-hydroxylation sites is 1. The zero-order valence-electron chi connectivity index (χ0n) is 21.1. The topological polar surface area (TPSA) is 105 Å². The molecule has 3 aromatic rings. The number of hydrogen-bond acceptors (Lipinski definition) is 6. The summed E-state index contributed by atoms with van der Waals surface area (Å²) >= 11 is 5.88. The first-order valence-corrected chi connectivity index (χ1v) is 13.0. The Morgan fingerprint density at radius 3 is 2.59 bits per heavy atom. The summed E-state index contributed by atoms with van der Waals surface area (Å²) in [6, 6.07) is 11.3. The number of halogens is 3. The summed E-state index contributed by atoms with van der Waals surface area (Å²) in [5.41, 5.74) is -1.43. The second kappa shape index (κ2) is 10.9. The molecule has 204 valence electrons. The van der Waals surface area contributed by atoms with E-state index in [9.17, 15) is 23.5 Å². The van der Waals surface area contributed by atoms with Crippen molar-refractivity contribution in [2.75, 3.05) is 18.6 Å². The minimum atomic E-state index is -2.90. The molecule has 1 unspecified atom stereocenters. The number of nitrogens with one attached hydrogen (secondary N) is 1. The highest BCUT2D eigenvalue weighted by molar-refractivity contribution is 6.30. The highest BCUT2D eigenvalue weighted by Crippen LogP contribution is 2.45. The first kappa shape index (κ1) is 27.0. The number of fused-ring (bicyclic) bond motifs is 1. The number of benzene rings is 1. The molecule has 11 heteroatoms. The Balaban J connectivity index is 1.26. The van der Waals surface area contributed by atoms with Crippen LogP contribution in [0.5, 0.6) is 5.75 Å². The molecule has 1 aromatic carbocycles. The van der Waals surface area contributed by atoms with Gasteiger partial charge in [-0.25, -0.2) is 8.78 Å². The van der Waals surface area contributed by atoms with Crippen molar-refractivity contribution < 1.29 is 28.2 Å². The van der Waals surface area contributed by atoms with Crippen molar-refractivity contribution >= 4 is 29.1 Å². The maximum Gasteiger partial charge on any atom is 0.281 e. The maximum atomic E-state index is 13.7. The van der Waals surface area contributed by atoms with Crippen LogP contribution in [0.1, 0.15) is 59.4 Å². The van der Waals surface area contributed by atoms with Gasteiger partial charge in [-0.15, -0.1) is 0 Å². The van der Waals surface area contributed by atoms with Crippen molar-refractivity contribution in [3.63, 3.8) is 0 Å². The SMILES string of the molecule is COc1ccc(C2(O)C(=O)N(CC3CCC(NC(=O)c4cc(Cl)cnc4C(F)F)CC3)c3ccccc32)nc1. The molecule has 8 nitrogen and oxygen atoms in total. The molecule has 1 aliphatic carbocycles. The van der Waals surface area contributed by atoms with E-state index in [1.165, 1.54) is 19.4 Å². The lowest BCUT2D eigenvalue weighted by Gasteiger charge is -2.32. The Hall–Kier alpha value is -3.63. The Morgan fingerprint density at radius 2 is 1.92 bits per heavy atom. The van der Waals surface area contributed by atoms with Crippen LogP contribution in [-0.2, 0) is 10.4 Å². The third kappa shape index (κ3) is 5.06. The van der Waals surface area contributed by atoms with Crippen molar-refractivity contribution in [3.05, 3.63) is 82.4 Å². The average Bonchev–Trinajstić information content (AvgIpc) is 3.16. The summed E-state index contributed by atoms with van der Waals surface area (Å²) in [4.78, 5) is 35.9. The number of pyridine rings is 2. The Morgan fingerprint density at radius 1 is 1.18 bits per heavy atom. The van der Waals surface area contributed by atoms with Gasteiger partial charge in [0.2, 0.25) is 5.60 Å². The van der Waals surface area contributed by atoms with E-state index < -0.39 is 29.5 Å². The van der Waals surface area contributed by atoms with Gasteiger partial charge in [0, 0.05) is 24.3 Å². The van der Waals surface area contributed by atoms with Gasteiger partial charge in [-0.05, 0) is 55.9 Å². The standard InChI is InChI=1S/C28H27ClF2N4O4/c1-39-19-10-11-23(32-14-19)28(38)21-4-2-3-5-22(21)35(27(28)37)15-16-6-8-18(9-7-16)34-26(36)20-12-17(29)13-33-24(20)25(30)31/h2-5,10-14,16,18,25,38H,6-9,15H2,1H3,(H,34,36). The van der Waals surface area contributed by atoms with Crippen LogP contribution in [0.2, 0.25) is 5.02 Å². The van der Waals surface area contributed by atoms with Gasteiger partial charge in [0.1, 0.15) is 11.4 Å². The van der Waals surface area contributed by atoms with E-state index in [1.807, 2.05) is 6.07 Å². The van der Waals surface area contributed by atoms with Gasteiger partial charge in [0.25, 0.3) is 18.2 Å². The molecule has 1 atom stereocenters. The summed E-state index contributed by atoms with van der Waals surface area (Å²) in [5, 5.41) is 14.6. The molecule has 2 aromatic heterocycles. The smallest absolute Gasteiger partial charge is 0.281 e. The number of aromatic nitrogens is 2. The van der Waals surface area contributed by atoms with Crippen LogP contribution in [0.4, 0.5) is 14.5 Å². The normalized spacial score (nSPS) is 22.6. The lowest BCUT2D eigenvalue weighted by Crippen LogP contribution is -2.45. The van der Waals surface area contributed by atoms with Gasteiger partial charge >= 0.3 is 0 Å². The fourth-order valence-electron chi connectivity index (χ4n) is 5.40.